The number of hydrogen-bond acceptors (Lipinski definition) is 1. The molecule has 1 saturated heterocycles. The van der Waals surface area contributed by atoms with Crippen molar-refractivity contribution in [3.8, 4) is 0 Å². The van der Waals surface area contributed by atoms with Gasteiger partial charge in [-0.2, -0.15) is 0 Å². The van der Waals surface area contributed by atoms with E-state index < -0.39 is 0 Å². The fourth-order valence-corrected chi connectivity index (χ4v) is 4.19. The van der Waals surface area contributed by atoms with Gasteiger partial charge in [0.15, 0.2) is 0 Å². The molecule has 110 valence electrons. The van der Waals surface area contributed by atoms with Crippen molar-refractivity contribution in [3.05, 3.63) is 70.8 Å². The summed E-state index contributed by atoms with van der Waals surface area (Å²) in [6.45, 7) is 2.24. The van der Waals surface area contributed by atoms with Crippen LogP contribution in [0.3, 0.4) is 0 Å². The summed E-state index contributed by atoms with van der Waals surface area (Å²) in [4.78, 5) is 0. The van der Waals surface area contributed by atoms with E-state index in [2.05, 4.69) is 53.8 Å². The Kier molecular flexibility index (Phi) is 4.05. The van der Waals surface area contributed by atoms with E-state index in [0.29, 0.717) is 0 Å². The fourth-order valence-electron chi connectivity index (χ4n) is 4.19. The SMILES string of the molecule is Cl.c1ccc2c(c1)CCc1ccccc1C21CCCNC1. The lowest BCUT2D eigenvalue weighted by Gasteiger charge is -2.40. The molecule has 0 aromatic heterocycles. The first kappa shape index (κ1) is 14.6. The van der Waals surface area contributed by atoms with Gasteiger partial charge in [0.2, 0.25) is 0 Å². The van der Waals surface area contributed by atoms with Crippen LogP contribution < -0.4 is 5.32 Å². The first-order valence-electron chi connectivity index (χ1n) is 7.78. The summed E-state index contributed by atoms with van der Waals surface area (Å²) in [6, 6.07) is 18.2. The van der Waals surface area contributed by atoms with Crippen LogP contribution in [0.15, 0.2) is 48.5 Å². The Bertz CT molecular complexity index is 579. The molecule has 0 bridgehead atoms. The molecule has 1 nitrogen and oxygen atoms in total. The van der Waals surface area contributed by atoms with Crippen molar-refractivity contribution in [2.24, 2.45) is 0 Å². The van der Waals surface area contributed by atoms with Gasteiger partial charge < -0.3 is 5.32 Å². The molecule has 4 rings (SSSR count). The van der Waals surface area contributed by atoms with Gasteiger partial charge in [-0.1, -0.05) is 48.5 Å². The van der Waals surface area contributed by atoms with Gasteiger partial charge in [0.1, 0.15) is 0 Å². The van der Waals surface area contributed by atoms with Crippen LogP contribution in [-0.2, 0) is 18.3 Å². The molecule has 1 heterocycles. The molecule has 0 amide bonds. The molecule has 1 aliphatic heterocycles. The lowest BCUT2D eigenvalue weighted by Crippen LogP contribution is -2.44. The van der Waals surface area contributed by atoms with E-state index in [-0.39, 0.29) is 17.8 Å². The Hall–Kier alpha value is -1.31. The molecule has 1 fully saturated rings. The Morgan fingerprint density at radius 2 is 1.38 bits per heavy atom. The molecule has 1 aliphatic carbocycles. The minimum absolute atomic E-state index is 0. The Morgan fingerprint density at radius 1 is 0.810 bits per heavy atom. The molecular formula is C19H22ClN. The van der Waals surface area contributed by atoms with Gasteiger partial charge >= 0.3 is 0 Å². The van der Waals surface area contributed by atoms with E-state index in [1.807, 2.05) is 0 Å². The number of halogens is 1. The lowest BCUT2D eigenvalue weighted by molar-refractivity contribution is 0.364. The number of nitrogens with one attached hydrogen (secondary N) is 1. The summed E-state index contributed by atoms with van der Waals surface area (Å²) in [6.07, 6.45) is 4.89. The first-order valence-corrected chi connectivity index (χ1v) is 7.78. The fraction of sp³-hybridized carbons (Fsp3) is 0.368. The maximum Gasteiger partial charge on any atom is 0.0333 e. The highest BCUT2D eigenvalue weighted by Gasteiger charge is 2.39. The predicted molar refractivity (Wildman–Crippen MR) is 90.4 cm³/mol. The minimum atomic E-state index is 0. The third kappa shape index (κ3) is 2.29. The number of piperidine rings is 1. The topological polar surface area (TPSA) is 12.0 Å². The molecule has 0 atom stereocenters. The highest BCUT2D eigenvalue weighted by Crippen LogP contribution is 2.43. The normalized spacial score (nSPS) is 19.0. The van der Waals surface area contributed by atoms with Gasteiger partial charge in [0.05, 0.1) is 0 Å². The van der Waals surface area contributed by atoms with E-state index in [1.54, 1.807) is 22.3 Å². The molecule has 2 aromatic rings. The standard InChI is InChI=1S/C19H21N.ClH/c1-3-8-17-15(6-1)10-11-16-7-2-4-9-18(16)19(17)12-5-13-20-14-19;/h1-4,6-9,20H,5,10-14H2;1H. The molecule has 1 N–H and O–H groups in total. The summed E-state index contributed by atoms with van der Waals surface area (Å²) < 4.78 is 0. The molecule has 2 aliphatic rings. The number of benzene rings is 2. The van der Waals surface area contributed by atoms with Crippen LogP contribution in [0, 0.1) is 0 Å². The highest BCUT2D eigenvalue weighted by atomic mass is 35.5. The van der Waals surface area contributed by atoms with Crippen LogP contribution in [0.25, 0.3) is 0 Å². The zero-order chi connectivity index (χ0) is 13.4. The maximum absolute atomic E-state index is 3.65. The van der Waals surface area contributed by atoms with E-state index in [9.17, 15) is 0 Å². The largest absolute Gasteiger partial charge is 0.316 e. The number of rotatable bonds is 0. The Morgan fingerprint density at radius 3 is 1.90 bits per heavy atom. The molecule has 2 aromatic carbocycles. The third-order valence-corrected chi connectivity index (χ3v) is 5.11. The van der Waals surface area contributed by atoms with Crippen molar-refractivity contribution in [2.75, 3.05) is 13.1 Å². The van der Waals surface area contributed by atoms with Gasteiger partial charge in [0, 0.05) is 12.0 Å². The average molecular weight is 300 g/mol. The average Bonchev–Trinajstić information content (AvgIpc) is 2.66. The van der Waals surface area contributed by atoms with Crippen LogP contribution in [0.2, 0.25) is 0 Å². The van der Waals surface area contributed by atoms with Crippen molar-refractivity contribution < 1.29 is 0 Å². The quantitative estimate of drug-likeness (QED) is 0.778. The second-order valence-corrected chi connectivity index (χ2v) is 6.18. The van der Waals surface area contributed by atoms with Crippen LogP contribution in [0.5, 0.6) is 0 Å². The van der Waals surface area contributed by atoms with Gasteiger partial charge in [0.25, 0.3) is 0 Å². The van der Waals surface area contributed by atoms with E-state index in [0.717, 1.165) is 13.1 Å². The third-order valence-electron chi connectivity index (χ3n) is 5.11. The molecule has 0 saturated carbocycles. The molecule has 2 heteroatoms. The zero-order valence-corrected chi connectivity index (χ0v) is 13.1. The lowest BCUT2D eigenvalue weighted by atomic mass is 9.68. The van der Waals surface area contributed by atoms with Crippen LogP contribution in [0.1, 0.15) is 35.1 Å². The van der Waals surface area contributed by atoms with Crippen molar-refractivity contribution in [1.82, 2.24) is 5.32 Å². The molecule has 0 unspecified atom stereocenters. The summed E-state index contributed by atoms with van der Waals surface area (Å²) >= 11 is 0. The van der Waals surface area contributed by atoms with Crippen LogP contribution >= 0.6 is 12.4 Å². The molecule has 1 spiro atoms. The maximum atomic E-state index is 3.65. The van der Waals surface area contributed by atoms with Gasteiger partial charge in [-0.05, 0) is 54.5 Å². The number of hydrogen-bond donors (Lipinski definition) is 1. The highest BCUT2D eigenvalue weighted by molar-refractivity contribution is 5.85. The van der Waals surface area contributed by atoms with Gasteiger partial charge in [-0.25, -0.2) is 0 Å². The van der Waals surface area contributed by atoms with Crippen molar-refractivity contribution >= 4 is 12.4 Å². The smallest absolute Gasteiger partial charge is 0.0333 e. The van der Waals surface area contributed by atoms with Gasteiger partial charge in [-0.3, -0.25) is 0 Å². The van der Waals surface area contributed by atoms with Crippen molar-refractivity contribution in [2.45, 2.75) is 31.1 Å². The summed E-state index contributed by atoms with van der Waals surface area (Å²) in [5, 5.41) is 3.65. The minimum Gasteiger partial charge on any atom is -0.316 e. The molecule has 0 radical (unpaired) electrons. The summed E-state index contributed by atoms with van der Waals surface area (Å²) in [5.41, 5.74) is 6.43. The molecule has 21 heavy (non-hydrogen) atoms. The first-order chi connectivity index (χ1) is 9.90. The summed E-state index contributed by atoms with van der Waals surface area (Å²) in [5.74, 6) is 0. The monoisotopic (exact) mass is 299 g/mol. The second-order valence-electron chi connectivity index (χ2n) is 6.18. The zero-order valence-electron chi connectivity index (χ0n) is 12.3. The van der Waals surface area contributed by atoms with Crippen LogP contribution in [-0.4, -0.2) is 13.1 Å². The van der Waals surface area contributed by atoms with Gasteiger partial charge in [-0.15, -0.1) is 12.4 Å². The van der Waals surface area contributed by atoms with Crippen molar-refractivity contribution in [1.29, 1.82) is 0 Å². The van der Waals surface area contributed by atoms with E-state index >= 15 is 0 Å². The van der Waals surface area contributed by atoms with Crippen molar-refractivity contribution in [3.63, 3.8) is 0 Å². The number of aryl methyl sites for hydroxylation is 2. The second kappa shape index (κ2) is 5.82. The van der Waals surface area contributed by atoms with E-state index in [4.69, 9.17) is 0 Å². The Balaban J connectivity index is 0.00000132. The predicted octanol–water partition coefficient (Wildman–Crippen LogP) is 3.88. The number of fused-ring (bicyclic) bond motifs is 4. The van der Waals surface area contributed by atoms with Crippen LogP contribution in [0.4, 0.5) is 0 Å². The summed E-state index contributed by atoms with van der Waals surface area (Å²) in [7, 11) is 0. The molecular weight excluding hydrogens is 278 g/mol. The van der Waals surface area contributed by atoms with E-state index in [1.165, 1.54) is 25.7 Å². The Labute approximate surface area is 133 Å².